The Morgan fingerprint density at radius 3 is 2.76 bits per heavy atom. The highest BCUT2D eigenvalue weighted by molar-refractivity contribution is 5.78. The van der Waals surface area contributed by atoms with Gasteiger partial charge in [0.25, 0.3) is 0 Å². The van der Waals surface area contributed by atoms with Crippen molar-refractivity contribution in [1.29, 1.82) is 0 Å². The van der Waals surface area contributed by atoms with Crippen LogP contribution in [-0.4, -0.2) is 25.2 Å². The molecule has 94 valence electrons. The molecule has 0 aliphatic carbocycles. The summed E-state index contributed by atoms with van der Waals surface area (Å²) in [6.45, 7) is 2.10. The fraction of sp³-hybridized carbons (Fsp3) is 0.538. The van der Waals surface area contributed by atoms with Gasteiger partial charge in [0.05, 0.1) is 26.3 Å². The van der Waals surface area contributed by atoms with Gasteiger partial charge in [0.15, 0.2) is 0 Å². The van der Waals surface area contributed by atoms with Crippen LogP contribution in [0.15, 0.2) is 18.5 Å². The molecule has 0 saturated heterocycles. The van der Waals surface area contributed by atoms with Crippen LogP contribution < -0.4 is 4.74 Å². The molecule has 4 nitrogen and oxygen atoms in total. The molecule has 0 fully saturated rings. The number of rotatable bonds is 6. The highest BCUT2D eigenvalue weighted by Crippen LogP contribution is 2.25. The smallest absolute Gasteiger partial charge is 0.313 e. The minimum atomic E-state index is -0.248. The van der Waals surface area contributed by atoms with Crippen molar-refractivity contribution in [2.75, 3.05) is 14.2 Å². The van der Waals surface area contributed by atoms with Crippen LogP contribution in [0.2, 0.25) is 0 Å². The second kappa shape index (κ2) is 6.89. The Hall–Kier alpha value is -1.58. The van der Waals surface area contributed by atoms with Gasteiger partial charge in [-0.2, -0.15) is 0 Å². The number of carbonyl (C=O) groups excluding carboxylic acids is 1. The molecule has 0 aliphatic heterocycles. The van der Waals surface area contributed by atoms with E-state index in [9.17, 15) is 4.79 Å². The molecule has 0 radical (unpaired) electrons. The number of hydrogen-bond donors (Lipinski definition) is 0. The summed E-state index contributed by atoms with van der Waals surface area (Å²) in [7, 11) is 2.99. The van der Waals surface area contributed by atoms with E-state index in [0.29, 0.717) is 5.75 Å². The Bertz CT molecular complexity index is 365. The predicted molar refractivity (Wildman–Crippen MR) is 65.1 cm³/mol. The average Bonchev–Trinajstić information content (AvgIpc) is 2.39. The largest absolute Gasteiger partial charge is 0.495 e. The van der Waals surface area contributed by atoms with Crippen molar-refractivity contribution >= 4 is 5.97 Å². The lowest BCUT2D eigenvalue weighted by atomic mass is 9.95. The van der Waals surface area contributed by atoms with Crippen molar-refractivity contribution in [3.05, 3.63) is 24.0 Å². The van der Waals surface area contributed by atoms with E-state index < -0.39 is 0 Å². The Kier molecular flexibility index (Phi) is 5.46. The number of hydrogen-bond acceptors (Lipinski definition) is 4. The monoisotopic (exact) mass is 237 g/mol. The zero-order valence-electron chi connectivity index (χ0n) is 10.6. The molecule has 17 heavy (non-hydrogen) atoms. The number of pyridine rings is 1. The van der Waals surface area contributed by atoms with Crippen molar-refractivity contribution in [3.63, 3.8) is 0 Å². The Morgan fingerprint density at radius 2 is 2.18 bits per heavy atom. The number of ether oxygens (including phenoxy) is 2. The van der Waals surface area contributed by atoms with E-state index in [1.165, 1.54) is 7.11 Å². The van der Waals surface area contributed by atoms with Gasteiger partial charge in [0.1, 0.15) is 5.75 Å². The molecule has 1 heterocycles. The number of nitrogens with zero attached hydrogens (tertiary/aromatic N) is 1. The van der Waals surface area contributed by atoms with Gasteiger partial charge in [0.2, 0.25) is 0 Å². The van der Waals surface area contributed by atoms with Crippen LogP contribution in [0.3, 0.4) is 0 Å². The van der Waals surface area contributed by atoms with Crippen LogP contribution in [-0.2, 0) is 9.53 Å². The quantitative estimate of drug-likeness (QED) is 0.713. The number of carbonyl (C=O) groups is 1. The minimum absolute atomic E-state index is 0.214. The maximum absolute atomic E-state index is 11.7. The molecule has 1 aromatic rings. The molecular formula is C13H19NO3. The minimum Gasteiger partial charge on any atom is -0.495 e. The number of aromatic nitrogens is 1. The van der Waals surface area contributed by atoms with E-state index in [1.54, 1.807) is 19.5 Å². The Balaban J connectivity index is 2.90. The average molecular weight is 237 g/mol. The van der Waals surface area contributed by atoms with Crippen LogP contribution in [0.4, 0.5) is 0 Å². The third kappa shape index (κ3) is 3.73. The lowest BCUT2D eigenvalue weighted by Gasteiger charge is -2.14. The second-order valence-corrected chi connectivity index (χ2v) is 3.88. The number of methoxy groups -OCH3 is 2. The summed E-state index contributed by atoms with van der Waals surface area (Å²) in [6.07, 6.45) is 6.12. The molecule has 0 bridgehead atoms. The van der Waals surface area contributed by atoms with Gasteiger partial charge in [-0.1, -0.05) is 19.8 Å². The highest BCUT2D eigenvalue weighted by Gasteiger charge is 2.21. The summed E-state index contributed by atoms with van der Waals surface area (Å²) in [6, 6.07) is 1.84. The van der Waals surface area contributed by atoms with Crippen LogP contribution in [0.5, 0.6) is 5.75 Å². The number of esters is 1. The van der Waals surface area contributed by atoms with Crippen molar-refractivity contribution in [2.45, 2.75) is 32.1 Å². The lowest BCUT2D eigenvalue weighted by molar-refractivity contribution is -0.142. The van der Waals surface area contributed by atoms with E-state index >= 15 is 0 Å². The van der Waals surface area contributed by atoms with Gasteiger partial charge in [-0.25, -0.2) is 0 Å². The summed E-state index contributed by atoms with van der Waals surface area (Å²) < 4.78 is 9.94. The molecule has 4 heteroatoms. The first-order valence-electron chi connectivity index (χ1n) is 5.79. The summed E-state index contributed by atoms with van der Waals surface area (Å²) in [4.78, 5) is 15.8. The van der Waals surface area contributed by atoms with Gasteiger partial charge >= 0.3 is 5.97 Å². The summed E-state index contributed by atoms with van der Waals surface area (Å²) in [5.41, 5.74) is 0.852. The van der Waals surface area contributed by atoms with E-state index in [2.05, 4.69) is 11.9 Å². The number of unbranched alkanes of at least 4 members (excludes halogenated alkanes) is 1. The van der Waals surface area contributed by atoms with Gasteiger partial charge in [-0.3, -0.25) is 9.78 Å². The fourth-order valence-electron chi connectivity index (χ4n) is 1.71. The molecule has 0 amide bonds. The lowest BCUT2D eigenvalue weighted by Crippen LogP contribution is -2.14. The molecule has 1 unspecified atom stereocenters. The summed E-state index contributed by atoms with van der Waals surface area (Å²) in [5, 5.41) is 0. The molecule has 1 aromatic heterocycles. The molecule has 0 aliphatic rings. The van der Waals surface area contributed by atoms with Gasteiger partial charge in [-0.15, -0.1) is 0 Å². The first kappa shape index (κ1) is 13.5. The van der Waals surface area contributed by atoms with Gasteiger partial charge in [0, 0.05) is 6.20 Å². The molecule has 1 atom stereocenters. The third-order valence-electron chi connectivity index (χ3n) is 2.70. The predicted octanol–water partition coefficient (Wildman–Crippen LogP) is 2.54. The summed E-state index contributed by atoms with van der Waals surface area (Å²) >= 11 is 0. The van der Waals surface area contributed by atoms with Crippen molar-refractivity contribution in [2.24, 2.45) is 0 Å². The zero-order valence-corrected chi connectivity index (χ0v) is 10.6. The molecular weight excluding hydrogens is 218 g/mol. The Morgan fingerprint density at radius 1 is 1.41 bits per heavy atom. The SMILES string of the molecule is CCCCC(C(=O)OC)c1cncc(OC)c1. The first-order valence-corrected chi connectivity index (χ1v) is 5.79. The van der Waals surface area contributed by atoms with E-state index in [4.69, 9.17) is 9.47 Å². The normalized spacial score (nSPS) is 11.9. The van der Waals surface area contributed by atoms with Gasteiger partial charge < -0.3 is 9.47 Å². The Labute approximate surface area is 102 Å². The van der Waals surface area contributed by atoms with E-state index in [1.807, 2.05) is 6.07 Å². The topological polar surface area (TPSA) is 48.4 Å². The van der Waals surface area contributed by atoms with E-state index in [-0.39, 0.29) is 11.9 Å². The standard InChI is InChI=1S/C13H19NO3/c1-4-5-6-12(13(15)17-3)10-7-11(16-2)9-14-8-10/h7-9,12H,4-6H2,1-3H3. The molecule has 1 rings (SSSR count). The molecule has 0 aromatic carbocycles. The van der Waals surface area contributed by atoms with Crippen molar-refractivity contribution in [1.82, 2.24) is 4.98 Å². The summed E-state index contributed by atoms with van der Waals surface area (Å²) in [5.74, 6) is 0.198. The van der Waals surface area contributed by atoms with Crippen LogP contribution in [0, 0.1) is 0 Å². The van der Waals surface area contributed by atoms with Crippen LogP contribution in [0.1, 0.15) is 37.7 Å². The maximum atomic E-state index is 11.7. The molecule has 0 spiro atoms. The highest BCUT2D eigenvalue weighted by atomic mass is 16.5. The molecule has 0 N–H and O–H groups in total. The molecule has 0 saturated carbocycles. The van der Waals surface area contributed by atoms with Crippen LogP contribution in [0.25, 0.3) is 0 Å². The first-order chi connectivity index (χ1) is 8.22. The van der Waals surface area contributed by atoms with Crippen LogP contribution >= 0.6 is 0 Å². The maximum Gasteiger partial charge on any atom is 0.313 e. The second-order valence-electron chi connectivity index (χ2n) is 3.88. The fourth-order valence-corrected chi connectivity index (χ4v) is 1.71. The third-order valence-corrected chi connectivity index (χ3v) is 2.70. The zero-order chi connectivity index (χ0) is 12.7. The van der Waals surface area contributed by atoms with E-state index in [0.717, 1.165) is 24.8 Å². The van der Waals surface area contributed by atoms with Crippen molar-refractivity contribution < 1.29 is 14.3 Å². The van der Waals surface area contributed by atoms with Crippen molar-refractivity contribution in [3.8, 4) is 5.75 Å². The van der Waals surface area contributed by atoms with Gasteiger partial charge in [-0.05, 0) is 18.1 Å².